The van der Waals surface area contributed by atoms with E-state index in [2.05, 4.69) is 29.5 Å². The summed E-state index contributed by atoms with van der Waals surface area (Å²) in [5, 5.41) is 17.1. The van der Waals surface area contributed by atoms with Crippen molar-refractivity contribution in [3.05, 3.63) is 48.3 Å². The molecule has 3 N–H and O–H groups in total. The number of nitrogens with one attached hydrogen (secondary N) is 2. The van der Waals surface area contributed by atoms with Gasteiger partial charge in [0.25, 0.3) is 0 Å². The van der Waals surface area contributed by atoms with Crippen LogP contribution in [-0.4, -0.2) is 30.7 Å². The predicted octanol–water partition coefficient (Wildman–Crippen LogP) is 3.13. The Kier molecular flexibility index (Phi) is 9.05. The first-order valence-corrected chi connectivity index (χ1v) is 8.28. The van der Waals surface area contributed by atoms with Crippen LogP contribution < -0.4 is 10.6 Å². The Morgan fingerprint density at radius 3 is 2.52 bits per heavy atom. The predicted molar refractivity (Wildman–Crippen MR) is 109 cm³/mol. The monoisotopic (exact) mass is 461 g/mol. The zero-order chi connectivity index (χ0) is 17.4. The average molecular weight is 461 g/mol. The molecule has 0 aliphatic rings. The second kappa shape index (κ2) is 10.5. The lowest BCUT2D eigenvalue weighted by atomic mass is 10.0. The van der Waals surface area contributed by atoms with E-state index in [0.29, 0.717) is 24.2 Å². The van der Waals surface area contributed by atoms with Crippen molar-refractivity contribution < 1.29 is 13.9 Å². The van der Waals surface area contributed by atoms with Gasteiger partial charge < -0.3 is 24.6 Å². The summed E-state index contributed by atoms with van der Waals surface area (Å²) in [5.74, 6) is 2.59. The minimum absolute atomic E-state index is 0. The largest absolute Gasteiger partial charge is 0.469 e. The highest BCUT2D eigenvalue weighted by Crippen LogP contribution is 2.21. The van der Waals surface area contributed by atoms with Gasteiger partial charge >= 0.3 is 0 Å². The number of halogens is 1. The molecular formula is C18H28IN3O3. The van der Waals surface area contributed by atoms with E-state index in [4.69, 9.17) is 8.83 Å². The van der Waals surface area contributed by atoms with Crippen LogP contribution in [0.1, 0.15) is 32.3 Å². The van der Waals surface area contributed by atoms with E-state index in [0.717, 1.165) is 18.7 Å². The van der Waals surface area contributed by atoms with E-state index in [1.165, 1.54) is 0 Å². The standard InChI is InChI=1S/C18H27N3O3.HI/c1-14(2)12-20-17(19-9-8-15-6-4-10-23-15)21-13-18(3,22)16-7-5-11-24-16;/h4-7,10-11,14,22H,8-9,12-13H2,1-3H3,(H2,19,20,21);1H. The van der Waals surface area contributed by atoms with Crippen LogP contribution in [-0.2, 0) is 12.0 Å². The van der Waals surface area contributed by atoms with Crippen LogP contribution in [0.4, 0.5) is 0 Å². The summed E-state index contributed by atoms with van der Waals surface area (Å²) in [7, 11) is 0. The van der Waals surface area contributed by atoms with Gasteiger partial charge in [0.2, 0.25) is 0 Å². The van der Waals surface area contributed by atoms with Crippen LogP contribution in [0.25, 0.3) is 0 Å². The highest BCUT2D eigenvalue weighted by Gasteiger charge is 2.26. The summed E-state index contributed by atoms with van der Waals surface area (Å²) < 4.78 is 10.6. The van der Waals surface area contributed by atoms with Crippen molar-refractivity contribution in [2.45, 2.75) is 32.8 Å². The number of rotatable bonds is 8. The SMILES string of the molecule is CC(C)CNC(=NCC(C)(O)c1ccco1)NCCc1ccco1.I. The minimum Gasteiger partial charge on any atom is -0.469 e. The zero-order valence-electron chi connectivity index (χ0n) is 15.0. The Morgan fingerprint density at radius 1 is 1.20 bits per heavy atom. The van der Waals surface area contributed by atoms with Gasteiger partial charge in [0.1, 0.15) is 17.1 Å². The van der Waals surface area contributed by atoms with E-state index in [1.54, 1.807) is 31.6 Å². The summed E-state index contributed by atoms with van der Waals surface area (Å²) in [5.41, 5.74) is -1.14. The Morgan fingerprint density at radius 2 is 1.92 bits per heavy atom. The summed E-state index contributed by atoms with van der Waals surface area (Å²) in [6, 6.07) is 7.33. The van der Waals surface area contributed by atoms with Crippen molar-refractivity contribution in [3.8, 4) is 0 Å². The van der Waals surface area contributed by atoms with Gasteiger partial charge in [0.15, 0.2) is 5.96 Å². The van der Waals surface area contributed by atoms with E-state index in [9.17, 15) is 5.11 Å². The fraction of sp³-hybridized carbons (Fsp3) is 0.500. The fourth-order valence-electron chi connectivity index (χ4n) is 2.13. The molecule has 0 spiro atoms. The molecule has 0 fully saturated rings. The molecule has 0 bridgehead atoms. The molecular weight excluding hydrogens is 433 g/mol. The molecule has 0 aliphatic carbocycles. The number of hydrogen-bond acceptors (Lipinski definition) is 4. The smallest absolute Gasteiger partial charge is 0.191 e. The number of nitrogens with zero attached hydrogens (tertiary/aromatic N) is 1. The molecule has 0 saturated heterocycles. The van der Waals surface area contributed by atoms with Crippen LogP contribution in [0.3, 0.4) is 0 Å². The quantitative estimate of drug-likeness (QED) is 0.320. The Bertz CT molecular complexity index is 608. The first-order valence-electron chi connectivity index (χ1n) is 8.28. The zero-order valence-corrected chi connectivity index (χ0v) is 17.3. The molecule has 0 amide bonds. The maximum absolute atomic E-state index is 10.5. The molecule has 0 aliphatic heterocycles. The summed E-state index contributed by atoms with van der Waals surface area (Å²) in [6.45, 7) is 7.65. The lowest BCUT2D eigenvalue weighted by molar-refractivity contribution is 0.0437. The lowest BCUT2D eigenvalue weighted by Gasteiger charge is -2.20. The van der Waals surface area contributed by atoms with Crippen LogP contribution >= 0.6 is 24.0 Å². The average Bonchev–Trinajstić information content (AvgIpc) is 3.22. The number of furan rings is 2. The molecule has 1 unspecified atom stereocenters. The first kappa shape index (κ1) is 21.6. The van der Waals surface area contributed by atoms with Gasteiger partial charge in [-0.1, -0.05) is 13.8 Å². The van der Waals surface area contributed by atoms with Crippen LogP contribution in [0.2, 0.25) is 0 Å². The normalized spacial score (nSPS) is 14.0. The summed E-state index contributed by atoms with van der Waals surface area (Å²) in [4.78, 5) is 4.50. The topological polar surface area (TPSA) is 82.9 Å². The molecule has 140 valence electrons. The molecule has 7 heteroatoms. The van der Waals surface area contributed by atoms with Crippen molar-refractivity contribution in [3.63, 3.8) is 0 Å². The highest BCUT2D eigenvalue weighted by molar-refractivity contribution is 14.0. The number of hydrogen-bond donors (Lipinski definition) is 3. The van der Waals surface area contributed by atoms with Crippen molar-refractivity contribution in [1.82, 2.24) is 10.6 Å². The van der Waals surface area contributed by atoms with Gasteiger partial charge in [-0.3, -0.25) is 0 Å². The maximum Gasteiger partial charge on any atom is 0.191 e. The van der Waals surface area contributed by atoms with E-state index >= 15 is 0 Å². The molecule has 0 saturated carbocycles. The first-order chi connectivity index (χ1) is 11.5. The van der Waals surface area contributed by atoms with Crippen molar-refractivity contribution in [1.29, 1.82) is 0 Å². The third-order valence-corrected chi connectivity index (χ3v) is 3.52. The molecule has 2 aromatic heterocycles. The van der Waals surface area contributed by atoms with E-state index in [-0.39, 0.29) is 30.5 Å². The van der Waals surface area contributed by atoms with Crippen molar-refractivity contribution in [2.24, 2.45) is 10.9 Å². The van der Waals surface area contributed by atoms with Gasteiger partial charge in [-0.15, -0.1) is 24.0 Å². The van der Waals surface area contributed by atoms with E-state index in [1.807, 2.05) is 12.1 Å². The van der Waals surface area contributed by atoms with Crippen LogP contribution in [0, 0.1) is 5.92 Å². The van der Waals surface area contributed by atoms with Gasteiger partial charge in [-0.05, 0) is 37.1 Å². The van der Waals surface area contributed by atoms with Gasteiger partial charge in [0, 0.05) is 19.5 Å². The van der Waals surface area contributed by atoms with Crippen molar-refractivity contribution in [2.75, 3.05) is 19.6 Å². The maximum atomic E-state index is 10.5. The second-order valence-corrected chi connectivity index (χ2v) is 6.45. The molecule has 2 aromatic rings. The van der Waals surface area contributed by atoms with Gasteiger partial charge in [-0.2, -0.15) is 0 Å². The molecule has 0 aromatic carbocycles. The molecule has 2 heterocycles. The second-order valence-electron chi connectivity index (χ2n) is 6.45. The third-order valence-electron chi connectivity index (χ3n) is 3.52. The number of guanidine groups is 1. The molecule has 6 nitrogen and oxygen atoms in total. The molecule has 25 heavy (non-hydrogen) atoms. The summed E-state index contributed by atoms with van der Waals surface area (Å²) >= 11 is 0. The Balaban J connectivity index is 0.00000312. The number of aliphatic imine (C=N–C) groups is 1. The molecule has 1 atom stereocenters. The summed E-state index contributed by atoms with van der Waals surface area (Å²) in [6.07, 6.45) is 3.99. The van der Waals surface area contributed by atoms with Crippen LogP contribution in [0.15, 0.2) is 50.6 Å². The Hall–Kier alpha value is -1.48. The minimum atomic E-state index is -1.14. The Labute approximate surface area is 166 Å². The molecule has 2 rings (SSSR count). The van der Waals surface area contributed by atoms with Crippen LogP contribution in [0.5, 0.6) is 0 Å². The van der Waals surface area contributed by atoms with Crippen molar-refractivity contribution >= 4 is 29.9 Å². The highest BCUT2D eigenvalue weighted by atomic mass is 127. The lowest BCUT2D eigenvalue weighted by Crippen LogP contribution is -2.41. The van der Waals surface area contributed by atoms with E-state index < -0.39 is 5.60 Å². The number of aliphatic hydroxyl groups is 1. The fourth-order valence-corrected chi connectivity index (χ4v) is 2.13. The third kappa shape index (κ3) is 7.52. The molecule has 0 radical (unpaired) electrons. The van der Waals surface area contributed by atoms with Gasteiger partial charge in [0.05, 0.1) is 19.1 Å². The van der Waals surface area contributed by atoms with Gasteiger partial charge in [-0.25, -0.2) is 4.99 Å².